The highest BCUT2D eigenvalue weighted by molar-refractivity contribution is 6.09. The van der Waals surface area contributed by atoms with Crippen LogP contribution in [0.2, 0.25) is 0 Å². The zero-order valence-electron chi connectivity index (χ0n) is 16.4. The number of nitrogens with zero attached hydrogens (tertiary/aromatic N) is 1. The van der Waals surface area contributed by atoms with E-state index in [0.29, 0.717) is 35.4 Å². The lowest BCUT2D eigenvalue weighted by atomic mass is 9.69. The number of hydrogen-bond donors (Lipinski definition) is 0. The van der Waals surface area contributed by atoms with Gasteiger partial charge in [0.25, 0.3) is 0 Å². The number of rotatable bonds is 3. The Hall–Kier alpha value is -3.08. The minimum absolute atomic E-state index is 0.0231. The lowest BCUT2D eigenvalue weighted by molar-refractivity contribution is -0.143. The van der Waals surface area contributed by atoms with Crippen LogP contribution in [-0.2, 0) is 14.3 Å². The van der Waals surface area contributed by atoms with Crippen molar-refractivity contribution in [1.29, 1.82) is 0 Å². The van der Waals surface area contributed by atoms with Crippen LogP contribution in [-0.4, -0.2) is 24.6 Å². The Morgan fingerprint density at radius 2 is 1.76 bits per heavy atom. The maximum Gasteiger partial charge on any atom is 0.315 e. The van der Waals surface area contributed by atoms with Crippen molar-refractivity contribution < 1.29 is 18.7 Å². The van der Waals surface area contributed by atoms with Gasteiger partial charge < -0.3 is 4.74 Å². The van der Waals surface area contributed by atoms with Gasteiger partial charge in [0.1, 0.15) is 11.7 Å². The first kappa shape index (κ1) is 19.2. The fourth-order valence-electron chi connectivity index (χ4n) is 4.52. The van der Waals surface area contributed by atoms with E-state index in [1.807, 2.05) is 30.3 Å². The molecule has 4 rings (SSSR count). The maximum atomic E-state index is 14.7. The number of carbonyl (C=O) groups excluding carboxylic acids is 2. The highest BCUT2D eigenvalue weighted by atomic mass is 19.1. The Balaban J connectivity index is 1.84. The average Bonchev–Trinajstić information content (AvgIpc) is 2.73. The summed E-state index contributed by atoms with van der Waals surface area (Å²) in [5.41, 5.74) is 3.06. The van der Waals surface area contributed by atoms with Crippen LogP contribution in [0.4, 0.5) is 4.39 Å². The van der Waals surface area contributed by atoms with Crippen LogP contribution in [0.3, 0.4) is 0 Å². The topological polar surface area (TPSA) is 55.7 Å². The molecule has 1 unspecified atom stereocenters. The number of ketones is 1. The maximum absolute atomic E-state index is 14.7. The van der Waals surface area contributed by atoms with Crippen LogP contribution in [0.25, 0.3) is 0 Å². The standard InChI is InChI=1S/C24H22FNO3/c1-14-21(24(28)29-2)22(17-10-6-7-11-18(17)25)23-19(26-14)12-16(13-20(23)27)15-8-4-3-5-9-15/h3-11,16,21-22H,12-13H2,1-2H3/t16-,21?,22+/m1/s1. The lowest BCUT2D eigenvalue weighted by Crippen LogP contribution is -2.38. The first-order valence-corrected chi connectivity index (χ1v) is 9.70. The third-order valence-corrected chi connectivity index (χ3v) is 5.85. The molecule has 3 atom stereocenters. The van der Waals surface area contributed by atoms with Crippen LogP contribution in [0, 0.1) is 11.7 Å². The number of aliphatic imine (C=N–C) groups is 1. The molecule has 0 amide bonds. The first-order chi connectivity index (χ1) is 14.0. The number of esters is 1. The molecule has 0 fully saturated rings. The summed E-state index contributed by atoms with van der Waals surface area (Å²) in [6.07, 6.45) is 0.900. The molecule has 29 heavy (non-hydrogen) atoms. The molecule has 1 heterocycles. The molecule has 0 saturated heterocycles. The molecule has 1 aliphatic heterocycles. The summed E-state index contributed by atoms with van der Waals surface area (Å²) in [6.45, 7) is 1.75. The predicted octanol–water partition coefficient (Wildman–Crippen LogP) is 4.57. The third-order valence-electron chi connectivity index (χ3n) is 5.85. The van der Waals surface area contributed by atoms with Crippen LogP contribution >= 0.6 is 0 Å². The molecule has 0 spiro atoms. The van der Waals surface area contributed by atoms with E-state index < -0.39 is 23.6 Å². The van der Waals surface area contributed by atoms with Gasteiger partial charge in [-0.1, -0.05) is 48.5 Å². The second kappa shape index (κ2) is 7.74. The van der Waals surface area contributed by atoms with Gasteiger partial charge in [-0.3, -0.25) is 14.6 Å². The zero-order valence-corrected chi connectivity index (χ0v) is 16.4. The number of carbonyl (C=O) groups is 2. The highest BCUT2D eigenvalue weighted by Crippen LogP contribution is 2.47. The van der Waals surface area contributed by atoms with Crippen LogP contribution in [0.5, 0.6) is 0 Å². The largest absolute Gasteiger partial charge is 0.468 e. The molecule has 0 saturated carbocycles. The number of allylic oxidation sites excluding steroid dienone is 2. The quantitative estimate of drug-likeness (QED) is 0.720. The van der Waals surface area contributed by atoms with Crippen molar-refractivity contribution in [1.82, 2.24) is 0 Å². The molecular formula is C24H22FNO3. The summed E-state index contributed by atoms with van der Waals surface area (Å²) in [5.74, 6) is -2.54. The Morgan fingerprint density at radius 1 is 1.07 bits per heavy atom. The Morgan fingerprint density at radius 3 is 2.45 bits per heavy atom. The van der Waals surface area contributed by atoms with E-state index in [1.54, 1.807) is 25.1 Å². The van der Waals surface area contributed by atoms with E-state index in [-0.39, 0.29) is 11.7 Å². The fraction of sp³-hybridized carbons (Fsp3) is 0.292. The third kappa shape index (κ3) is 3.41. The summed E-state index contributed by atoms with van der Waals surface area (Å²) in [6, 6.07) is 16.2. The zero-order chi connectivity index (χ0) is 20.5. The summed E-state index contributed by atoms with van der Waals surface area (Å²) in [7, 11) is 1.30. The molecule has 1 aliphatic carbocycles. The summed E-state index contributed by atoms with van der Waals surface area (Å²) >= 11 is 0. The van der Waals surface area contributed by atoms with Crippen molar-refractivity contribution in [3.63, 3.8) is 0 Å². The highest BCUT2D eigenvalue weighted by Gasteiger charge is 2.45. The summed E-state index contributed by atoms with van der Waals surface area (Å²) in [4.78, 5) is 30.5. The number of Topliss-reactive ketones (excluding diaryl/α,β-unsaturated/α-hetero) is 1. The second-order valence-corrected chi connectivity index (χ2v) is 7.55. The normalized spacial score (nSPS) is 24.0. The van der Waals surface area contributed by atoms with Gasteiger partial charge in [-0.15, -0.1) is 0 Å². The molecule has 0 bridgehead atoms. The minimum Gasteiger partial charge on any atom is -0.468 e. The Kier molecular flexibility index (Phi) is 5.14. The number of halogens is 1. The van der Waals surface area contributed by atoms with E-state index in [4.69, 9.17) is 4.74 Å². The minimum atomic E-state index is -0.812. The number of ether oxygens (including phenoxy) is 1. The first-order valence-electron chi connectivity index (χ1n) is 9.70. The number of hydrogen-bond acceptors (Lipinski definition) is 4. The van der Waals surface area contributed by atoms with Crippen molar-refractivity contribution in [2.75, 3.05) is 7.11 Å². The number of benzene rings is 2. The van der Waals surface area contributed by atoms with Gasteiger partial charge in [-0.25, -0.2) is 4.39 Å². The van der Waals surface area contributed by atoms with Crippen molar-refractivity contribution >= 4 is 17.5 Å². The Labute approximate surface area is 169 Å². The molecule has 0 aromatic heterocycles. The van der Waals surface area contributed by atoms with Crippen LogP contribution in [0.15, 0.2) is 70.9 Å². The molecule has 0 N–H and O–H groups in total. The fourth-order valence-corrected chi connectivity index (χ4v) is 4.52. The van der Waals surface area contributed by atoms with Gasteiger partial charge in [-0.05, 0) is 36.5 Å². The van der Waals surface area contributed by atoms with Crippen molar-refractivity contribution in [3.05, 3.63) is 82.8 Å². The number of methoxy groups -OCH3 is 1. The van der Waals surface area contributed by atoms with Crippen molar-refractivity contribution in [2.45, 2.75) is 31.6 Å². The van der Waals surface area contributed by atoms with Gasteiger partial charge in [0, 0.05) is 29.3 Å². The molecule has 4 nitrogen and oxygen atoms in total. The second-order valence-electron chi connectivity index (χ2n) is 7.55. The van der Waals surface area contributed by atoms with Gasteiger partial charge >= 0.3 is 5.97 Å². The van der Waals surface area contributed by atoms with E-state index in [1.165, 1.54) is 13.2 Å². The van der Waals surface area contributed by atoms with Gasteiger partial charge in [0.2, 0.25) is 0 Å². The van der Waals surface area contributed by atoms with Gasteiger partial charge in [0.15, 0.2) is 5.78 Å². The van der Waals surface area contributed by atoms with Crippen LogP contribution < -0.4 is 0 Å². The molecular weight excluding hydrogens is 369 g/mol. The summed E-state index contributed by atoms with van der Waals surface area (Å²) in [5, 5.41) is 0. The van der Waals surface area contributed by atoms with Gasteiger partial charge in [0.05, 0.1) is 7.11 Å². The van der Waals surface area contributed by atoms with Crippen molar-refractivity contribution in [2.24, 2.45) is 10.9 Å². The van der Waals surface area contributed by atoms with Crippen molar-refractivity contribution in [3.8, 4) is 0 Å². The molecule has 2 aromatic rings. The van der Waals surface area contributed by atoms with E-state index in [2.05, 4.69) is 4.99 Å². The summed E-state index contributed by atoms with van der Waals surface area (Å²) < 4.78 is 19.7. The molecule has 0 radical (unpaired) electrons. The van der Waals surface area contributed by atoms with E-state index >= 15 is 0 Å². The van der Waals surface area contributed by atoms with E-state index in [9.17, 15) is 14.0 Å². The monoisotopic (exact) mass is 391 g/mol. The SMILES string of the molecule is COC(=O)C1C(C)=NC2=C(C(=O)C[C@H](c3ccccc3)C2)[C@H]1c1ccccc1F. The predicted molar refractivity (Wildman–Crippen MR) is 108 cm³/mol. The molecule has 5 heteroatoms. The molecule has 148 valence electrons. The smallest absolute Gasteiger partial charge is 0.315 e. The van der Waals surface area contributed by atoms with Crippen LogP contribution in [0.1, 0.15) is 42.7 Å². The Bertz CT molecular complexity index is 1030. The average molecular weight is 391 g/mol. The molecule has 2 aromatic carbocycles. The van der Waals surface area contributed by atoms with Gasteiger partial charge in [-0.2, -0.15) is 0 Å². The van der Waals surface area contributed by atoms with E-state index in [0.717, 1.165) is 5.56 Å². The lowest BCUT2D eigenvalue weighted by Gasteiger charge is -2.36. The molecule has 2 aliphatic rings.